The number of fused-ring (bicyclic) bond motifs is 1. The summed E-state index contributed by atoms with van der Waals surface area (Å²) in [7, 11) is 0. The molecule has 0 radical (unpaired) electrons. The van der Waals surface area contributed by atoms with Gasteiger partial charge in [0.15, 0.2) is 0 Å². The van der Waals surface area contributed by atoms with Crippen LogP contribution < -0.4 is 5.32 Å². The van der Waals surface area contributed by atoms with Crippen molar-refractivity contribution < 1.29 is 8.81 Å². The lowest BCUT2D eigenvalue weighted by Gasteiger charge is -2.19. The first kappa shape index (κ1) is 11.1. The molecular formula is C13H16FNO. The van der Waals surface area contributed by atoms with Gasteiger partial charge in [-0.2, -0.15) is 0 Å². The van der Waals surface area contributed by atoms with Gasteiger partial charge in [-0.25, -0.2) is 4.39 Å². The Kier molecular flexibility index (Phi) is 2.72. The minimum absolute atomic E-state index is 0.0459. The van der Waals surface area contributed by atoms with E-state index in [-0.39, 0.29) is 11.4 Å². The first-order valence-corrected chi connectivity index (χ1v) is 5.37. The molecule has 3 heteroatoms. The van der Waals surface area contributed by atoms with Gasteiger partial charge in [0.05, 0.1) is 6.54 Å². The summed E-state index contributed by atoms with van der Waals surface area (Å²) < 4.78 is 18.6. The third-order valence-corrected chi connectivity index (χ3v) is 2.32. The quantitative estimate of drug-likeness (QED) is 0.840. The van der Waals surface area contributed by atoms with E-state index < -0.39 is 0 Å². The molecule has 0 fully saturated rings. The van der Waals surface area contributed by atoms with Gasteiger partial charge < -0.3 is 9.73 Å². The molecular weight excluding hydrogens is 205 g/mol. The van der Waals surface area contributed by atoms with E-state index in [1.165, 1.54) is 12.1 Å². The Morgan fingerprint density at radius 3 is 2.69 bits per heavy atom. The van der Waals surface area contributed by atoms with Gasteiger partial charge in [0.2, 0.25) is 0 Å². The molecule has 0 aliphatic heterocycles. The Labute approximate surface area is 94.4 Å². The number of hydrogen-bond donors (Lipinski definition) is 1. The van der Waals surface area contributed by atoms with Gasteiger partial charge in [-0.05, 0) is 45.0 Å². The normalized spacial score (nSPS) is 12.2. The summed E-state index contributed by atoms with van der Waals surface area (Å²) in [5, 5.41) is 4.14. The van der Waals surface area contributed by atoms with Gasteiger partial charge in [0.1, 0.15) is 17.2 Å². The molecule has 0 aliphatic rings. The van der Waals surface area contributed by atoms with Crippen molar-refractivity contribution in [2.24, 2.45) is 0 Å². The monoisotopic (exact) mass is 221 g/mol. The largest absolute Gasteiger partial charge is 0.460 e. The van der Waals surface area contributed by atoms with Gasteiger partial charge in [-0.1, -0.05) is 0 Å². The lowest BCUT2D eigenvalue weighted by atomic mass is 10.1. The van der Waals surface area contributed by atoms with Crippen molar-refractivity contribution in [3.8, 4) is 0 Å². The molecule has 16 heavy (non-hydrogen) atoms. The van der Waals surface area contributed by atoms with E-state index in [1.54, 1.807) is 6.07 Å². The first-order chi connectivity index (χ1) is 7.44. The number of furan rings is 1. The van der Waals surface area contributed by atoms with Crippen molar-refractivity contribution in [3.05, 3.63) is 35.8 Å². The van der Waals surface area contributed by atoms with Gasteiger partial charge in [0.25, 0.3) is 0 Å². The molecule has 0 aliphatic carbocycles. The number of rotatable bonds is 2. The van der Waals surface area contributed by atoms with Crippen molar-refractivity contribution in [1.29, 1.82) is 0 Å². The third kappa shape index (κ3) is 2.61. The average molecular weight is 221 g/mol. The van der Waals surface area contributed by atoms with Crippen LogP contribution in [0.2, 0.25) is 0 Å². The van der Waals surface area contributed by atoms with Crippen LogP contribution in [0.4, 0.5) is 4.39 Å². The highest BCUT2D eigenvalue weighted by molar-refractivity contribution is 5.77. The van der Waals surface area contributed by atoms with Gasteiger partial charge in [-0.3, -0.25) is 0 Å². The molecule has 86 valence electrons. The SMILES string of the molecule is CC(C)(C)NCc1cc2cc(F)ccc2o1. The fraction of sp³-hybridized carbons (Fsp3) is 0.385. The second-order valence-electron chi connectivity index (χ2n) is 5.00. The van der Waals surface area contributed by atoms with Crippen LogP contribution in [0.25, 0.3) is 11.0 Å². The van der Waals surface area contributed by atoms with Crippen molar-refractivity contribution >= 4 is 11.0 Å². The topological polar surface area (TPSA) is 25.2 Å². The summed E-state index contributed by atoms with van der Waals surface area (Å²) in [6.07, 6.45) is 0. The molecule has 1 N–H and O–H groups in total. The summed E-state index contributed by atoms with van der Waals surface area (Å²) in [5.74, 6) is 0.596. The van der Waals surface area contributed by atoms with Crippen LogP contribution in [0.1, 0.15) is 26.5 Å². The molecule has 0 spiro atoms. The summed E-state index contributed by atoms with van der Waals surface area (Å²) in [4.78, 5) is 0. The maximum absolute atomic E-state index is 13.0. The van der Waals surface area contributed by atoms with Gasteiger partial charge >= 0.3 is 0 Å². The lowest BCUT2D eigenvalue weighted by Crippen LogP contribution is -2.34. The standard InChI is InChI=1S/C13H16FNO/c1-13(2,3)15-8-11-7-9-6-10(14)4-5-12(9)16-11/h4-7,15H,8H2,1-3H3. The van der Waals surface area contributed by atoms with E-state index in [2.05, 4.69) is 26.1 Å². The predicted molar refractivity (Wildman–Crippen MR) is 62.8 cm³/mol. The van der Waals surface area contributed by atoms with E-state index in [9.17, 15) is 4.39 Å². The number of benzene rings is 1. The van der Waals surface area contributed by atoms with Crippen LogP contribution in [-0.2, 0) is 6.54 Å². The van der Waals surface area contributed by atoms with Crippen LogP contribution in [0.5, 0.6) is 0 Å². The van der Waals surface area contributed by atoms with Crippen LogP contribution in [0, 0.1) is 5.82 Å². The van der Waals surface area contributed by atoms with E-state index in [0.717, 1.165) is 16.7 Å². The Morgan fingerprint density at radius 1 is 1.25 bits per heavy atom. The molecule has 0 saturated heterocycles. The fourth-order valence-electron chi connectivity index (χ4n) is 1.51. The van der Waals surface area contributed by atoms with Crippen molar-refractivity contribution in [3.63, 3.8) is 0 Å². The van der Waals surface area contributed by atoms with E-state index in [1.807, 2.05) is 6.07 Å². The number of nitrogens with one attached hydrogen (secondary N) is 1. The molecule has 2 rings (SSSR count). The molecule has 0 amide bonds. The highest BCUT2D eigenvalue weighted by Gasteiger charge is 2.10. The molecule has 2 aromatic rings. The zero-order valence-electron chi connectivity index (χ0n) is 9.80. The summed E-state index contributed by atoms with van der Waals surface area (Å²) in [6, 6.07) is 6.43. The first-order valence-electron chi connectivity index (χ1n) is 5.37. The summed E-state index contributed by atoms with van der Waals surface area (Å²) in [5.41, 5.74) is 0.775. The zero-order valence-corrected chi connectivity index (χ0v) is 9.80. The molecule has 0 atom stereocenters. The highest BCUT2D eigenvalue weighted by Crippen LogP contribution is 2.20. The fourth-order valence-corrected chi connectivity index (χ4v) is 1.51. The zero-order chi connectivity index (χ0) is 11.8. The van der Waals surface area contributed by atoms with Gasteiger partial charge in [-0.15, -0.1) is 0 Å². The van der Waals surface area contributed by atoms with Crippen molar-refractivity contribution in [2.45, 2.75) is 32.9 Å². The minimum Gasteiger partial charge on any atom is -0.460 e. The average Bonchev–Trinajstić information content (AvgIpc) is 2.55. The Balaban J connectivity index is 2.20. The van der Waals surface area contributed by atoms with E-state index in [4.69, 9.17) is 4.42 Å². The molecule has 0 bridgehead atoms. The smallest absolute Gasteiger partial charge is 0.134 e. The number of hydrogen-bond acceptors (Lipinski definition) is 2. The predicted octanol–water partition coefficient (Wildman–Crippen LogP) is 3.46. The summed E-state index contributed by atoms with van der Waals surface area (Å²) >= 11 is 0. The van der Waals surface area contributed by atoms with Crippen LogP contribution in [0.3, 0.4) is 0 Å². The summed E-state index contributed by atoms with van der Waals surface area (Å²) in [6.45, 7) is 6.93. The molecule has 1 aromatic carbocycles. The third-order valence-electron chi connectivity index (χ3n) is 2.32. The molecule has 2 nitrogen and oxygen atoms in total. The van der Waals surface area contributed by atoms with Gasteiger partial charge in [0, 0.05) is 10.9 Å². The highest BCUT2D eigenvalue weighted by atomic mass is 19.1. The van der Waals surface area contributed by atoms with Crippen LogP contribution in [-0.4, -0.2) is 5.54 Å². The molecule has 0 unspecified atom stereocenters. The molecule has 0 saturated carbocycles. The lowest BCUT2D eigenvalue weighted by molar-refractivity contribution is 0.395. The molecule has 1 heterocycles. The Hall–Kier alpha value is -1.35. The minimum atomic E-state index is -0.233. The molecule has 1 aromatic heterocycles. The maximum atomic E-state index is 13.0. The second-order valence-corrected chi connectivity index (χ2v) is 5.00. The van der Waals surface area contributed by atoms with Crippen LogP contribution >= 0.6 is 0 Å². The van der Waals surface area contributed by atoms with Crippen LogP contribution in [0.15, 0.2) is 28.7 Å². The Morgan fingerprint density at radius 2 is 2.00 bits per heavy atom. The maximum Gasteiger partial charge on any atom is 0.134 e. The Bertz CT molecular complexity index is 496. The van der Waals surface area contributed by atoms with E-state index >= 15 is 0 Å². The second kappa shape index (κ2) is 3.91. The van der Waals surface area contributed by atoms with Crippen molar-refractivity contribution in [1.82, 2.24) is 5.32 Å². The van der Waals surface area contributed by atoms with E-state index in [0.29, 0.717) is 6.54 Å². The van der Waals surface area contributed by atoms with Crippen molar-refractivity contribution in [2.75, 3.05) is 0 Å². The number of halogens is 1.